The molecule has 0 aliphatic heterocycles. The van der Waals surface area contributed by atoms with Gasteiger partial charge in [0.25, 0.3) is 11.5 Å². The summed E-state index contributed by atoms with van der Waals surface area (Å²) in [6.45, 7) is 0.815. The fraction of sp³-hybridized carbons (Fsp3) is 0.286. The molecule has 0 spiro atoms. The van der Waals surface area contributed by atoms with E-state index in [9.17, 15) is 14.7 Å². The molecule has 0 saturated heterocycles. The Morgan fingerprint density at radius 1 is 1.40 bits per heavy atom. The van der Waals surface area contributed by atoms with Crippen molar-refractivity contribution >= 4 is 16.7 Å². The first-order valence-electron chi connectivity index (χ1n) is 6.16. The van der Waals surface area contributed by atoms with E-state index in [1.165, 1.54) is 6.92 Å². The molecule has 0 aliphatic rings. The van der Waals surface area contributed by atoms with Gasteiger partial charge in [-0.15, -0.1) is 0 Å². The van der Waals surface area contributed by atoms with E-state index in [1.54, 1.807) is 30.3 Å². The number of aromatic nitrogens is 1. The maximum absolute atomic E-state index is 11.9. The zero-order chi connectivity index (χ0) is 14.8. The van der Waals surface area contributed by atoms with Crippen molar-refractivity contribution in [3.05, 3.63) is 46.4 Å². The number of aromatic amines is 1. The molecule has 1 unspecified atom stereocenters. The number of benzene rings is 1. The average Bonchev–Trinajstić information content (AvgIpc) is 2.45. The highest BCUT2D eigenvalue weighted by atomic mass is 16.3. The summed E-state index contributed by atoms with van der Waals surface area (Å²) in [5.74, 6) is -0.512. The third kappa shape index (κ3) is 3.04. The number of carbonyl (C=O) groups excluding carboxylic acids is 1. The first kappa shape index (κ1) is 14.2. The van der Waals surface area contributed by atoms with Gasteiger partial charge >= 0.3 is 0 Å². The minimum atomic E-state index is -1.40. The van der Waals surface area contributed by atoms with Crippen LogP contribution in [0, 0.1) is 0 Å². The van der Waals surface area contributed by atoms with Crippen LogP contribution in [0.2, 0.25) is 0 Å². The predicted octanol–water partition coefficient (Wildman–Crippen LogP) is 0.00120. The van der Waals surface area contributed by atoms with Crippen molar-refractivity contribution in [1.82, 2.24) is 10.3 Å². The number of rotatable bonds is 4. The molecule has 0 aliphatic carbocycles. The summed E-state index contributed by atoms with van der Waals surface area (Å²) in [7, 11) is 0. The maximum atomic E-state index is 11.9. The number of fused-ring (bicyclic) bond motifs is 1. The summed E-state index contributed by atoms with van der Waals surface area (Å²) in [6.07, 6.45) is 0. The van der Waals surface area contributed by atoms with Crippen LogP contribution < -0.4 is 10.9 Å². The van der Waals surface area contributed by atoms with E-state index in [4.69, 9.17) is 5.11 Å². The van der Waals surface area contributed by atoms with Gasteiger partial charge in [0.1, 0.15) is 11.3 Å². The monoisotopic (exact) mass is 276 g/mol. The molecular formula is C14H16N2O4. The van der Waals surface area contributed by atoms with Crippen molar-refractivity contribution in [2.45, 2.75) is 12.5 Å². The van der Waals surface area contributed by atoms with Crippen LogP contribution in [0.3, 0.4) is 0 Å². The Hall–Kier alpha value is -2.18. The van der Waals surface area contributed by atoms with Crippen LogP contribution >= 0.6 is 0 Å². The third-order valence-corrected chi connectivity index (χ3v) is 2.97. The molecule has 0 saturated carbocycles. The molecule has 6 nitrogen and oxygen atoms in total. The van der Waals surface area contributed by atoms with Gasteiger partial charge in [-0.3, -0.25) is 9.59 Å². The Labute approximate surface area is 115 Å². The SMILES string of the molecule is CC(O)(CO)CNC(=O)c1cc2ccccc2c(=O)[nH]1. The molecule has 6 heteroatoms. The first-order chi connectivity index (χ1) is 9.43. The fourth-order valence-corrected chi connectivity index (χ4v) is 1.76. The normalized spacial score (nSPS) is 13.9. The van der Waals surface area contributed by atoms with Crippen molar-refractivity contribution in [3.63, 3.8) is 0 Å². The second-order valence-corrected chi connectivity index (χ2v) is 4.94. The Morgan fingerprint density at radius 2 is 2.10 bits per heavy atom. The molecular weight excluding hydrogens is 260 g/mol. The number of H-pyrrole nitrogens is 1. The van der Waals surface area contributed by atoms with Crippen LogP contribution in [0.1, 0.15) is 17.4 Å². The number of nitrogens with one attached hydrogen (secondary N) is 2. The van der Waals surface area contributed by atoms with Crippen molar-refractivity contribution < 1.29 is 15.0 Å². The van der Waals surface area contributed by atoms with Gasteiger partial charge < -0.3 is 20.5 Å². The van der Waals surface area contributed by atoms with E-state index < -0.39 is 18.1 Å². The molecule has 1 aromatic carbocycles. The van der Waals surface area contributed by atoms with Gasteiger partial charge in [0.15, 0.2) is 0 Å². The lowest BCUT2D eigenvalue weighted by atomic mass is 10.1. The zero-order valence-electron chi connectivity index (χ0n) is 11.0. The summed E-state index contributed by atoms with van der Waals surface area (Å²) >= 11 is 0. The van der Waals surface area contributed by atoms with Crippen LogP contribution in [0.4, 0.5) is 0 Å². The second kappa shape index (κ2) is 5.44. The van der Waals surface area contributed by atoms with Crippen molar-refractivity contribution in [2.24, 2.45) is 0 Å². The molecule has 1 heterocycles. The van der Waals surface area contributed by atoms with E-state index in [2.05, 4.69) is 10.3 Å². The van der Waals surface area contributed by atoms with E-state index in [0.717, 1.165) is 0 Å². The quantitative estimate of drug-likeness (QED) is 0.631. The molecule has 2 aromatic rings. The van der Waals surface area contributed by atoms with Gasteiger partial charge in [0.2, 0.25) is 0 Å². The van der Waals surface area contributed by atoms with E-state index >= 15 is 0 Å². The van der Waals surface area contributed by atoms with E-state index in [-0.39, 0.29) is 17.8 Å². The number of aliphatic hydroxyl groups excluding tert-OH is 1. The summed E-state index contributed by atoms with van der Waals surface area (Å²) in [5.41, 5.74) is -1.63. The number of aliphatic hydroxyl groups is 2. The van der Waals surface area contributed by atoms with Crippen LogP contribution in [-0.4, -0.2) is 39.9 Å². The summed E-state index contributed by atoms with van der Waals surface area (Å²) < 4.78 is 0. The summed E-state index contributed by atoms with van der Waals surface area (Å²) in [4.78, 5) is 26.3. The largest absolute Gasteiger partial charge is 0.393 e. The average molecular weight is 276 g/mol. The van der Waals surface area contributed by atoms with Gasteiger partial charge in [-0.05, 0) is 24.4 Å². The second-order valence-electron chi connectivity index (χ2n) is 4.94. The number of hydrogen-bond donors (Lipinski definition) is 4. The smallest absolute Gasteiger partial charge is 0.267 e. The molecule has 0 radical (unpaired) electrons. The van der Waals surface area contributed by atoms with Crippen LogP contribution in [-0.2, 0) is 0 Å². The topological polar surface area (TPSA) is 102 Å². The van der Waals surface area contributed by atoms with Gasteiger partial charge in [0.05, 0.1) is 6.61 Å². The molecule has 0 bridgehead atoms. The fourth-order valence-electron chi connectivity index (χ4n) is 1.76. The number of amides is 1. The van der Waals surface area contributed by atoms with E-state index in [0.29, 0.717) is 10.8 Å². The Balaban J connectivity index is 2.25. The van der Waals surface area contributed by atoms with Crippen molar-refractivity contribution in [1.29, 1.82) is 0 Å². The summed E-state index contributed by atoms with van der Waals surface area (Å²) in [5, 5.41) is 22.1. The lowest BCUT2D eigenvalue weighted by molar-refractivity contribution is 0.00316. The first-order valence-corrected chi connectivity index (χ1v) is 6.16. The highest BCUT2D eigenvalue weighted by Crippen LogP contribution is 2.10. The molecule has 1 aromatic heterocycles. The third-order valence-electron chi connectivity index (χ3n) is 2.97. The Bertz CT molecular complexity index is 691. The zero-order valence-corrected chi connectivity index (χ0v) is 11.0. The van der Waals surface area contributed by atoms with Gasteiger partial charge in [-0.25, -0.2) is 0 Å². The summed E-state index contributed by atoms with van der Waals surface area (Å²) in [6, 6.07) is 8.51. The minimum absolute atomic E-state index is 0.113. The van der Waals surface area contributed by atoms with Crippen LogP contribution in [0.25, 0.3) is 10.8 Å². The molecule has 1 amide bonds. The molecule has 106 valence electrons. The van der Waals surface area contributed by atoms with Crippen molar-refractivity contribution in [2.75, 3.05) is 13.2 Å². The standard InChI is InChI=1S/C14H16N2O4/c1-14(20,8-17)7-15-13(19)11-6-9-4-2-3-5-10(9)12(18)16-11/h2-6,17,20H,7-8H2,1H3,(H,15,19)(H,16,18). The Morgan fingerprint density at radius 3 is 2.80 bits per heavy atom. The molecule has 0 fully saturated rings. The minimum Gasteiger partial charge on any atom is -0.393 e. The molecule has 20 heavy (non-hydrogen) atoms. The van der Waals surface area contributed by atoms with Gasteiger partial charge in [-0.2, -0.15) is 0 Å². The number of pyridine rings is 1. The van der Waals surface area contributed by atoms with Crippen LogP contribution in [0.5, 0.6) is 0 Å². The number of hydrogen-bond acceptors (Lipinski definition) is 4. The number of carbonyl (C=O) groups is 1. The van der Waals surface area contributed by atoms with E-state index in [1.807, 2.05) is 0 Å². The van der Waals surface area contributed by atoms with Gasteiger partial charge in [0, 0.05) is 11.9 Å². The van der Waals surface area contributed by atoms with Crippen molar-refractivity contribution in [3.8, 4) is 0 Å². The molecule has 1 atom stereocenters. The lowest BCUT2D eigenvalue weighted by Crippen LogP contribution is -2.43. The molecule has 4 N–H and O–H groups in total. The van der Waals surface area contributed by atoms with Gasteiger partial charge in [-0.1, -0.05) is 18.2 Å². The highest BCUT2D eigenvalue weighted by molar-refractivity contribution is 5.96. The lowest BCUT2D eigenvalue weighted by Gasteiger charge is -2.20. The molecule has 2 rings (SSSR count). The van der Waals surface area contributed by atoms with Crippen LogP contribution in [0.15, 0.2) is 35.1 Å². The predicted molar refractivity (Wildman–Crippen MR) is 74.6 cm³/mol. The Kier molecular flexibility index (Phi) is 3.87. The maximum Gasteiger partial charge on any atom is 0.267 e. The highest BCUT2D eigenvalue weighted by Gasteiger charge is 2.20.